The third kappa shape index (κ3) is 3.33. The first kappa shape index (κ1) is 17.4. The number of aromatic nitrogens is 1. The quantitative estimate of drug-likeness (QED) is 0.529. The second kappa shape index (κ2) is 6.96. The van der Waals surface area contributed by atoms with Crippen LogP contribution in [0.3, 0.4) is 0 Å². The molecule has 0 unspecified atom stereocenters. The summed E-state index contributed by atoms with van der Waals surface area (Å²) in [6, 6.07) is 18.9. The molecule has 0 aliphatic heterocycles. The van der Waals surface area contributed by atoms with Crippen molar-refractivity contribution < 1.29 is 19.8 Å². The van der Waals surface area contributed by atoms with Gasteiger partial charge in [-0.25, -0.2) is 0 Å². The first-order valence-electron chi connectivity index (χ1n) is 8.58. The molecule has 1 heterocycles. The van der Waals surface area contributed by atoms with Crippen LogP contribution in [0.2, 0.25) is 0 Å². The van der Waals surface area contributed by atoms with Gasteiger partial charge in [0.15, 0.2) is 11.6 Å². The number of carbonyl (C=O) groups excluding carboxylic acids is 2. The topological polar surface area (TPSA) is 87.5 Å². The summed E-state index contributed by atoms with van der Waals surface area (Å²) in [7, 11) is 0. The summed E-state index contributed by atoms with van der Waals surface area (Å²) in [5.41, 5.74) is 2.43. The largest absolute Gasteiger partial charge is 0.508 e. The summed E-state index contributed by atoms with van der Waals surface area (Å²) >= 11 is 0. The van der Waals surface area contributed by atoms with Crippen LogP contribution < -0.4 is 0 Å². The van der Waals surface area contributed by atoms with E-state index in [0.29, 0.717) is 27.8 Å². The van der Waals surface area contributed by atoms with Crippen molar-refractivity contribution in [3.63, 3.8) is 0 Å². The molecule has 0 atom stereocenters. The van der Waals surface area contributed by atoms with E-state index in [0.717, 1.165) is 5.39 Å². The monoisotopic (exact) mass is 369 g/mol. The molecular weight excluding hydrogens is 354 g/mol. The lowest BCUT2D eigenvalue weighted by molar-refractivity contribution is 0.103. The van der Waals surface area contributed by atoms with Gasteiger partial charge in [0.1, 0.15) is 11.5 Å². The van der Waals surface area contributed by atoms with Gasteiger partial charge in [-0.15, -0.1) is 0 Å². The molecule has 0 aliphatic rings. The van der Waals surface area contributed by atoms with E-state index in [1.807, 2.05) is 0 Å². The van der Waals surface area contributed by atoms with Gasteiger partial charge in [-0.05, 0) is 60.7 Å². The van der Waals surface area contributed by atoms with Crippen LogP contribution in [-0.4, -0.2) is 26.8 Å². The van der Waals surface area contributed by atoms with E-state index in [9.17, 15) is 19.8 Å². The van der Waals surface area contributed by atoms with Crippen LogP contribution in [0.25, 0.3) is 10.9 Å². The summed E-state index contributed by atoms with van der Waals surface area (Å²) in [6.45, 7) is 0. The van der Waals surface area contributed by atoms with Crippen LogP contribution in [0.1, 0.15) is 31.8 Å². The molecule has 0 fully saturated rings. The summed E-state index contributed by atoms with van der Waals surface area (Å²) in [5.74, 6) is -0.173. The van der Waals surface area contributed by atoms with Crippen molar-refractivity contribution in [2.45, 2.75) is 0 Å². The number of hydrogen-bond acceptors (Lipinski definition) is 5. The minimum Gasteiger partial charge on any atom is -0.508 e. The fraction of sp³-hybridized carbons (Fsp3) is 0. The number of nitrogens with zero attached hydrogens (tertiary/aromatic N) is 1. The van der Waals surface area contributed by atoms with Crippen molar-refractivity contribution in [3.05, 3.63) is 101 Å². The second-order valence-electron chi connectivity index (χ2n) is 6.38. The van der Waals surface area contributed by atoms with Crippen molar-refractivity contribution in [1.82, 2.24) is 4.98 Å². The van der Waals surface area contributed by atoms with E-state index in [4.69, 9.17) is 0 Å². The Hall–Kier alpha value is -3.99. The van der Waals surface area contributed by atoms with Gasteiger partial charge in [-0.2, -0.15) is 0 Å². The van der Waals surface area contributed by atoms with Crippen molar-refractivity contribution in [3.8, 4) is 11.5 Å². The number of carbonyl (C=O) groups is 2. The highest BCUT2D eigenvalue weighted by atomic mass is 16.3. The van der Waals surface area contributed by atoms with Crippen molar-refractivity contribution >= 4 is 22.5 Å². The Morgan fingerprint density at radius 3 is 1.68 bits per heavy atom. The Balaban J connectivity index is 1.65. The number of fused-ring (bicyclic) bond motifs is 1. The van der Waals surface area contributed by atoms with E-state index in [1.54, 1.807) is 48.5 Å². The zero-order valence-corrected chi connectivity index (χ0v) is 14.7. The van der Waals surface area contributed by atoms with Crippen molar-refractivity contribution in [2.24, 2.45) is 0 Å². The average Bonchev–Trinajstić information content (AvgIpc) is 2.73. The molecule has 0 radical (unpaired) electrons. The van der Waals surface area contributed by atoms with Crippen LogP contribution in [0.5, 0.6) is 11.5 Å². The molecule has 5 nitrogen and oxygen atoms in total. The number of aromatic hydroxyl groups is 2. The van der Waals surface area contributed by atoms with Gasteiger partial charge in [0.2, 0.25) is 0 Å². The molecule has 0 bridgehead atoms. The van der Waals surface area contributed by atoms with Gasteiger partial charge in [0, 0.05) is 33.8 Å². The molecular formula is C23H15NO4. The second-order valence-corrected chi connectivity index (χ2v) is 6.38. The van der Waals surface area contributed by atoms with Gasteiger partial charge < -0.3 is 10.2 Å². The molecule has 136 valence electrons. The van der Waals surface area contributed by atoms with Gasteiger partial charge in [0.05, 0.1) is 5.52 Å². The molecule has 4 rings (SSSR count). The van der Waals surface area contributed by atoms with Gasteiger partial charge in [-0.1, -0.05) is 12.1 Å². The molecule has 28 heavy (non-hydrogen) atoms. The number of phenolic OH excluding ortho intramolecular Hbond substituents is 2. The number of benzene rings is 3. The van der Waals surface area contributed by atoms with Crippen LogP contribution in [0.15, 0.2) is 79.0 Å². The lowest BCUT2D eigenvalue weighted by Crippen LogP contribution is -2.03. The predicted octanol–water partition coefficient (Wildman–Crippen LogP) is 4.11. The molecule has 0 saturated heterocycles. The third-order valence-electron chi connectivity index (χ3n) is 4.47. The minimum absolute atomic E-state index is 0.0963. The zero-order chi connectivity index (χ0) is 19.7. The standard InChI is InChI=1S/C23H15NO4/c25-19-7-3-14(4-8-19)22(27)17-2-1-16-11-18(13-24-21(16)12-17)23(28)15-5-9-20(26)10-6-15/h1-13,25-26H. The zero-order valence-electron chi connectivity index (χ0n) is 14.7. The van der Waals surface area contributed by atoms with Gasteiger partial charge in [0.25, 0.3) is 0 Å². The van der Waals surface area contributed by atoms with Crippen LogP contribution in [-0.2, 0) is 0 Å². The maximum absolute atomic E-state index is 12.6. The number of rotatable bonds is 4. The molecule has 2 N–H and O–H groups in total. The van der Waals surface area contributed by atoms with Crippen LogP contribution >= 0.6 is 0 Å². The van der Waals surface area contributed by atoms with Crippen LogP contribution in [0.4, 0.5) is 0 Å². The normalized spacial score (nSPS) is 10.7. The molecule has 0 aliphatic carbocycles. The fourth-order valence-corrected chi connectivity index (χ4v) is 2.95. The van der Waals surface area contributed by atoms with E-state index in [-0.39, 0.29) is 23.1 Å². The summed E-state index contributed by atoms with van der Waals surface area (Å²) in [5, 5.41) is 19.5. The summed E-state index contributed by atoms with van der Waals surface area (Å²) in [4.78, 5) is 29.5. The van der Waals surface area contributed by atoms with Crippen LogP contribution in [0, 0.1) is 0 Å². The highest BCUT2D eigenvalue weighted by molar-refractivity contribution is 6.12. The fourth-order valence-electron chi connectivity index (χ4n) is 2.95. The maximum atomic E-state index is 12.6. The highest BCUT2D eigenvalue weighted by Crippen LogP contribution is 2.21. The molecule has 0 saturated carbocycles. The van der Waals surface area contributed by atoms with Crippen molar-refractivity contribution in [1.29, 1.82) is 0 Å². The SMILES string of the molecule is O=C(c1ccc(O)cc1)c1cnc2cc(C(=O)c3ccc(O)cc3)ccc2c1. The Bertz CT molecular complexity index is 1100. The van der Waals surface area contributed by atoms with Crippen molar-refractivity contribution in [2.75, 3.05) is 0 Å². The Morgan fingerprint density at radius 2 is 1.11 bits per heavy atom. The molecule has 3 aromatic carbocycles. The molecule has 4 aromatic rings. The molecule has 0 spiro atoms. The van der Waals surface area contributed by atoms with E-state index in [1.165, 1.54) is 30.5 Å². The van der Waals surface area contributed by atoms with E-state index < -0.39 is 0 Å². The summed E-state index contributed by atoms with van der Waals surface area (Å²) < 4.78 is 0. The van der Waals surface area contributed by atoms with Gasteiger partial charge >= 0.3 is 0 Å². The molecule has 5 heteroatoms. The number of hydrogen-bond donors (Lipinski definition) is 2. The molecule has 0 amide bonds. The lowest BCUT2D eigenvalue weighted by atomic mass is 10.00. The first-order chi connectivity index (χ1) is 13.5. The number of ketones is 2. The Kier molecular flexibility index (Phi) is 4.33. The third-order valence-corrected chi connectivity index (χ3v) is 4.47. The smallest absolute Gasteiger partial charge is 0.194 e. The highest BCUT2D eigenvalue weighted by Gasteiger charge is 2.13. The first-order valence-corrected chi connectivity index (χ1v) is 8.58. The van der Waals surface area contributed by atoms with E-state index >= 15 is 0 Å². The summed E-state index contributed by atoms with van der Waals surface area (Å²) in [6.07, 6.45) is 1.48. The maximum Gasteiger partial charge on any atom is 0.194 e. The lowest BCUT2D eigenvalue weighted by Gasteiger charge is -2.06. The Labute approximate surface area is 160 Å². The number of pyridine rings is 1. The average molecular weight is 369 g/mol. The van der Waals surface area contributed by atoms with Gasteiger partial charge in [-0.3, -0.25) is 14.6 Å². The number of phenols is 2. The predicted molar refractivity (Wildman–Crippen MR) is 105 cm³/mol. The molecule has 1 aromatic heterocycles. The minimum atomic E-state index is -0.196. The Morgan fingerprint density at radius 1 is 0.607 bits per heavy atom. The van der Waals surface area contributed by atoms with E-state index in [2.05, 4.69) is 4.98 Å².